The van der Waals surface area contributed by atoms with Crippen LogP contribution in [-0.2, 0) is 6.18 Å². The maximum absolute atomic E-state index is 13.0. The zero-order valence-electron chi connectivity index (χ0n) is 11.7. The highest BCUT2D eigenvalue weighted by atomic mass is 35.5. The van der Waals surface area contributed by atoms with Crippen LogP contribution < -0.4 is 10.1 Å². The van der Waals surface area contributed by atoms with Gasteiger partial charge in [0.05, 0.1) is 23.9 Å². The SMILES string of the molecule is COc1ccc(C(F)(F)F)c(NC(=O)c2cc(Cl)ccc2O)c1. The van der Waals surface area contributed by atoms with Gasteiger partial charge in [-0.25, -0.2) is 0 Å². The molecule has 0 spiro atoms. The highest BCUT2D eigenvalue weighted by Crippen LogP contribution is 2.37. The zero-order valence-corrected chi connectivity index (χ0v) is 12.5. The van der Waals surface area contributed by atoms with Crippen LogP contribution in [0.1, 0.15) is 15.9 Å². The third-order valence-electron chi connectivity index (χ3n) is 2.98. The normalized spacial score (nSPS) is 11.2. The van der Waals surface area contributed by atoms with Gasteiger partial charge in [0.2, 0.25) is 0 Å². The average Bonchev–Trinajstić information content (AvgIpc) is 2.48. The Hall–Kier alpha value is -2.41. The van der Waals surface area contributed by atoms with E-state index in [1.807, 2.05) is 0 Å². The number of carbonyl (C=O) groups excluding carboxylic acids is 1. The number of rotatable bonds is 3. The topological polar surface area (TPSA) is 58.6 Å². The number of halogens is 4. The Morgan fingerprint density at radius 3 is 2.52 bits per heavy atom. The molecule has 2 aromatic rings. The number of methoxy groups -OCH3 is 1. The standard InChI is InChI=1S/C15H11ClF3NO3/c1-23-9-3-4-11(15(17,18)19)12(7-9)20-14(22)10-6-8(16)2-5-13(10)21/h2-7,21H,1H3,(H,20,22). The minimum Gasteiger partial charge on any atom is -0.507 e. The molecule has 23 heavy (non-hydrogen) atoms. The number of benzene rings is 2. The molecule has 2 rings (SSSR count). The fourth-order valence-corrected chi connectivity index (χ4v) is 2.05. The van der Waals surface area contributed by atoms with E-state index in [2.05, 4.69) is 5.32 Å². The first kappa shape index (κ1) is 17.0. The molecule has 0 radical (unpaired) electrons. The first-order valence-electron chi connectivity index (χ1n) is 6.27. The lowest BCUT2D eigenvalue weighted by Gasteiger charge is -2.15. The van der Waals surface area contributed by atoms with Crippen LogP contribution in [0.3, 0.4) is 0 Å². The van der Waals surface area contributed by atoms with Crippen molar-refractivity contribution in [2.45, 2.75) is 6.18 Å². The molecule has 0 atom stereocenters. The molecule has 0 saturated carbocycles. The zero-order chi connectivity index (χ0) is 17.2. The summed E-state index contributed by atoms with van der Waals surface area (Å²) in [6.07, 6.45) is -4.66. The summed E-state index contributed by atoms with van der Waals surface area (Å²) in [5.74, 6) is -1.18. The minimum absolute atomic E-state index is 0.142. The van der Waals surface area contributed by atoms with E-state index in [0.29, 0.717) is 0 Å². The summed E-state index contributed by atoms with van der Waals surface area (Å²) < 4.78 is 43.9. The molecular weight excluding hydrogens is 335 g/mol. The van der Waals surface area contributed by atoms with Gasteiger partial charge in [0.25, 0.3) is 5.91 Å². The second-order valence-corrected chi connectivity index (χ2v) is 4.96. The van der Waals surface area contributed by atoms with Crippen LogP contribution in [0.5, 0.6) is 11.5 Å². The van der Waals surface area contributed by atoms with E-state index < -0.39 is 29.1 Å². The van der Waals surface area contributed by atoms with Crippen molar-refractivity contribution in [1.29, 1.82) is 0 Å². The lowest BCUT2D eigenvalue weighted by Crippen LogP contribution is -2.17. The number of alkyl halides is 3. The van der Waals surface area contributed by atoms with Crippen molar-refractivity contribution in [3.05, 3.63) is 52.5 Å². The molecule has 8 heteroatoms. The number of ether oxygens (including phenoxy) is 1. The van der Waals surface area contributed by atoms with Gasteiger partial charge in [0.1, 0.15) is 11.5 Å². The Kier molecular flexibility index (Phi) is 4.70. The third kappa shape index (κ3) is 3.87. The van der Waals surface area contributed by atoms with Crippen LogP contribution in [0.4, 0.5) is 18.9 Å². The molecule has 122 valence electrons. The van der Waals surface area contributed by atoms with Crippen molar-refractivity contribution in [1.82, 2.24) is 0 Å². The maximum Gasteiger partial charge on any atom is 0.418 e. The predicted molar refractivity (Wildman–Crippen MR) is 79.1 cm³/mol. The summed E-state index contributed by atoms with van der Waals surface area (Å²) >= 11 is 5.72. The number of aromatic hydroxyl groups is 1. The molecule has 0 saturated heterocycles. The number of hydrogen-bond donors (Lipinski definition) is 2. The van der Waals surface area contributed by atoms with Gasteiger partial charge in [0.15, 0.2) is 0 Å². The number of amides is 1. The fourth-order valence-electron chi connectivity index (χ4n) is 1.88. The lowest BCUT2D eigenvalue weighted by atomic mass is 10.1. The van der Waals surface area contributed by atoms with Crippen LogP contribution in [0.25, 0.3) is 0 Å². The van der Waals surface area contributed by atoms with E-state index in [1.54, 1.807) is 0 Å². The van der Waals surface area contributed by atoms with Crippen LogP contribution in [-0.4, -0.2) is 18.1 Å². The maximum atomic E-state index is 13.0. The Morgan fingerprint density at radius 2 is 1.91 bits per heavy atom. The van der Waals surface area contributed by atoms with Crippen molar-refractivity contribution < 1.29 is 27.8 Å². The molecule has 0 aliphatic carbocycles. The molecule has 0 aliphatic rings. The smallest absolute Gasteiger partial charge is 0.418 e. The largest absolute Gasteiger partial charge is 0.507 e. The highest BCUT2D eigenvalue weighted by molar-refractivity contribution is 6.31. The Morgan fingerprint density at radius 1 is 1.22 bits per heavy atom. The highest BCUT2D eigenvalue weighted by Gasteiger charge is 2.34. The molecule has 0 unspecified atom stereocenters. The molecule has 4 nitrogen and oxygen atoms in total. The van der Waals surface area contributed by atoms with E-state index in [9.17, 15) is 23.1 Å². The molecule has 1 amide bonds. The van der Waals surface area contributed by atoms with Crippen molar-refractivity contribution in [2.24, 2.45) is 0 Å². The quantitative estimate of drug-likeness (QED) is 0.870. The number of anilines is 1. The van der Waals surface area contributed by atoms with Crippen LogP contribution in [0.15, 0.2) is 36.4 Å². The Bertz CT molecular complexity index is 747. The van der Waals surface area contributed by atoms with E-state index in [1.165, 1.54) is 19.2 Å². The molecule has 2 N–H and O–H groups in total. The minimum atomic E-state index is -4.66. The van der Waals surface area contributed by atoms with Gasteiger partial charge in [-0.15, -0.1) is 0 Å². The second kappa shape index (κ2) is 6.37. The van der Waals surface area contributed by atoms with Gasteiger partial charge < -0.3 is 15.2 Å². The molecule has 0 aromatic heterocycles. The van der Waals surface area contributed by atoms with Gasteiger partial charge in [-0.2, -0.15) is 13.2 Å². The summed E-state index contributed by atoms with van der Waals surface area (Å²) in [5.41, 5.74) is -1.76. The molecule has 0 heterocycles. The molecular formula is C15H11ClF3NO3. The summed E-state index contributed by atoms with van der Waals surface area (Å²) in [6, 6.07) is 6.65. The van der Waals surface area contributed by atoms with E-state index in [-0.39, 0.29) is 16.3 Å². The van der Waals surface area contributed by atoms with Crippen molar-refractivity contribution in [2.75, 3.05) is 12.4 Å². The molecule has 0 bridgehead atoms. The Balaban J connectivity index is 2.42. The van der Waals surface area contributed by atoms with Gasteiger partial charge in [-0.05, 0) is 30.3 Å². The van der Waals surface area contributed by atoms with Crippen LogP contribution in [0.2, 0.25) is 5.02 Å². The third-order valence-corrected chi connectivity index (χ3v) is 3.22. The van der Waals surface area contributed by atoms with Gasteiger partial charge in [0, 0.05) is 11.1 Å². The average molecular weight is 346 g/mol. The van der Waals surface area contributed by atoms with E-state index >= 15 is 0 Å². The fraction of sp³-hybridized carbons (Fsp3) is 0.133. The van der Waals surface area contributed by atoms with Crippen molar-refractivity contribution in [3.8, 4) is 11.5 Å². The number of nitrogens with one attached hydrogen (secondary N) is 1. The summed E-state index contributed by atoms with van der Waals surface area (Å²) in [7, 11) is 1.29. The monoisotopic (exact) mass is 345 g/mol. The number of hydrogen-bond acceptors (Lipinski definition) is 3. The van der Waals surface area contributed by atoms with Gasteiger partial charge in [-0.1, -0.05) is 11.6 Å². The van der Waals surface area contributed by atoms with E-state index in [0.717, 1.165) is 24.3 Å². The Labute approximate surface area is 134 Å². The predicted octanol–water partition coefficient (Wildman–Crippen LogP) is 4.33. The van der Waals surface area contributed by atoms with Gasteiger partial charge >= 0.3 is 6.18 Å². The first-order chi connectivity index (χ1) is 10.7. The summed E-state index contributed by atoms with van der Waals surface area (Å²) in [5, 5.41) is 11.9. The van der Waals surface area contributed by atoms with Crippen molar-refractivity contribution >= 4 is 23.2 Å². The number of phenolic OH excluding ortho intramolecular Hbond substituents is 1. The second-order valence-electron chi connectivity index (χ2n) is 4.52. The van der Waals surface area contributed by atoms with Crippen molar-refractivity contribution in [3.63, 3.8) is 0 Å². The molecule has 0 fully saturated rings. The number of carbonyl (C=O) groups is 1. The lowest BCUT2D eigenvalue weighted by molar-refractivity contribution is -0.136. The molecule has 0 aliphatic heterocycles. The van der Waals surface area contributed by atoms with Gasteiger partial charge in [-0.3, -0.25) is 4.79 Å². The summed E-state index contributed by atoms with van der Waals surface area (Å²) in [4.78, 5) is 12.1. The van der Waals surface area contributed by atoms with E-state index in [4.69, 9.17) is 16.3 Å². The first-order valence-corrected chi connectivity index (χ1v) is 6.65. The summed E-state index contributed by atoms with van der Waals surface area (Å²) in [6.45, 7) is 0. The van der Waals surface area contributed by atoms with Crippen LogP contribution >= 0.6 is 11.6 Å². The molecule has 2 aromatic carbocycles. The van der Waals surface area contributed by atoms with Crippen LogP contribution in [0, 0.1) is 0 Å². The number of phenols is 1.